The number of hydrogen-bond donors (Lipinski definition) is 1. The van der Waals surface area contributed by atoms with Gasteiger partial charge in [0.15, 0.2) is 0 Å². The van der Waals surface area contributed by atoms with E-state index in [9.17, 15) is 13.6 Å². The number of halogens is 2. The monoisotopic (exact) mass is 419 g/mol. The fraction of sp³-hybridized carbons (Fsp3) is 0.0833. The maximum atomic E-state index is 12.2. The molecule has 0 spiro atoms. The smallest absolute Gasteiger partial charge is 0.387 e. The number of carbonyl (C=O) groups is 1. The van der Waals surface area contributed by atoms with Crippen LogP contribution in [-0.4, -0.2) is 22.3 Å². The highest BCUT2D eigenvalue weighted by atomic mass is 19.3. The van der Waals surface area contributed by atoms with E-state index in [4.69, 9.17) is 0 Å². The molecule has 3 aromatic carbocycles. The van der Waals surface area contributed by atoms with Gasteiger partial charge in [-0.15, -0.1) is 0 Å². The third kappa shape index (κ3) is 5.33. The number of rotatable bonds is 7. The summed E-state index contributed by atoms with van der Waals surface area (Å²) in [5, 5.41) is 9.42. The zero-order valence-corrected chi connectivity index (χ0v) is 16.4. The number of fused-ring (bicyclic) bond motifs is 1. The number of hydrogen-bond acceptors (Lipinski definition) is 3. The Hall–Kier alpha value is -4.00. The van der Waals surface area contributed by atoms with Crippen LogP contribution in [0, 0.1) is 0 Å². The molecule has 156 valence electrons. The van der Waals surface area contributed by atoms with Crippen molar-refractivity contribution in [1.82, 2.24) is 9.78 Å². The van der Waals surface area contributed by atoms with E-state index in [1.807, 2.05) is 18.2 Å². The predicted octanol–water partition coefficient (Wildman–Crippen LogP) is 5.34. The summed E-state index contributed by atoms with van der Waals surface area (Å²) in [6.45, 7) is -2.28. The number of alkyl halides is 2. The number of amides is 1. The lowest BCUT2D eigenvalue weighted by atomic mass is 10.0. The Balaban J connectivity index is 1.37. The Kier molecular flexibility index (Phi) is 6.03. The van der Waals surface area contributed by atoms with Crippen molar-refractivity contribution in [3.63, 3.8) is 0 Å². The van der Waals surface area contributed by atoms with Crippen molar-refractivity contribution in [2.45, 2.75) is 13.2 Å². The van der Waals surface area contributed by atoms with Gasteiger partial charge in [-0.25, -0.2) is 0 Å². The minimum Gasteiger partial charge on any atom is -0.435 e. The number of ether oxygens (including phenoxy) is 1. The highest BCUT2D eigenvalue weighted by Crippen LogP contribution is 2.20. The summed E-state index contributed by atoms with van der Waals surface area (Å²) in [6.07, 6.45) is 6.31. The van der Waals surface area contributed by atoms with Crippen molar-refractivity contribution in [2.24, 2.45) is 0 Å². The van der Waals surface area contributed by atoms with Gasteiger partial charge in [0.05, 0.1) is 18.4 Å². The predicted molar refractivity (Wildman–Crippen MR) is 116 cm³/mol. The molecule has 7 heteroatoms. The Morgan fingerprint density at radius 3 is 2.65 bits per heavy atom. The van der Waals surface area contributed by atoms with Gasteiger partial charge in [0.2, 0.25) is 5.91 Å². The van der Waals surface area contributed by atoms with Crippen molar-refractivity contribution in [3.8, 4) is 5.75 Å². The average molecular weight is 419 g/mol. The second kappa shape index (κ2) is 9.21. The van der Waals surface area contributed by atoms with Crippen molar-refractivity contribution in [1.29, 1.82) is 0 Å². The SMILES string of the molecule is O=C(/C=C\c1ccc(OC(F)F)cc1)Nc1cnn(Cc2cccc3ccccc23)c1. The Labute approximate surface area is 177 Å². The summed E-state index contributed by atoms with van der Waals surface area (Å²) in [5.74, 6) is -0.257. The molecule has 0 unspecified atom stereocenters. The quantitative estimate of drug-likeness (QED) is 0.412. The van der Waals surface area contributed by atoms with Gasteiger partial charge in [0.25, 0.3) is 0 Å². The first kappa shape index (κ1) is 20.3. The first-order chi connectivity index (χ1) is 15.1. The summed E-state index contributed by atoms with van der Waals surface area (Å²) in [5.41, 5.74) is 2.40. The molecule has 4 rings (SSSR count). The summed E-state index contributed by atoms with van der Waals surface area (Å²) in [6, 6.07) is 20.3. The van der Waals surface area contributed by atoms with Crippen LogP contribution in [0.3, 0.4) is 0 Å². The molecule has 0 aliphatic heterocycles. The molecule has 0 radical (unpaired) electrons. The first-order valence-electron chi connectivity index (χ1n) is 9.60. The van der Waals surface area contributed by atoms with Crippen LogP contribution >= 0.6 is 0 Å². The fourth-order valence-corrected chi connectivity index (χ4v) is 3.24. The first-order valence-corrected chi connectivity index (χ1v) is 9.60. The van der Waals surface area contributed by atoms with E-state index in [0.29, 0.717) is 17.8 Å². The normalized spacial score (nSPS) is 11.3. The van der Waals surface area contributed by atoms with Crippen molar-refractivity contribution >= 4 is 28.4 Å². The molecule has 4 aromatic rings. The van der Waals surface area contributed by atoms with Gasteiger partial charge in [0.1, 0.15) is 5.75 Å². The number of carbonyl (C=O) groups excluding carboxylic acids is 1. The second-order valence-electron chi connectivity index (χ2n) is 6.83. The van der Waals surface area contributed by atoms with Gasteiger partial charge in [-0.3, -0.25) is 9.48 Å². The zero-order chi connectivity index (χ0) is 21.6. The average Bonchev–Trinajstić information content (AvgIpc) is 3.20. The highest BCUT2D eigenvalue weighted by Gasteiger charge is 2.06. The van der Waals surface area contributed by atoms with Gasteiger partial charge >= 0.3 is 6.61 Å². The number of anilines is 1. The molecule has 0 aliphatic rings. The molecule has 1 heterocycles. The molecular formula is C24H19F2N3O2. The second-order valence-corrected chi connectivity index (χ2v) is 6.83. The summed E-state index contributed by atoms with van der Waals surface area (Å²) in [7, 11) is 0. The number of nitrogens with zero attached hydrogens (tertiary/aromatic N) is 2. The summed E-state index contributed by atoms with van der Waals surface area (Å²) in [4.78, 5) is 12.2. The number of aromatic nitrogens is 2. The third-order valence-corrected chi connectivity index (χ3v) is 4.65. The number of benzene rings is 3. The van der Waals surface area contributed by atoms with Crippen molar-refractivity contribution in [2.75, 3.05) is 5.32 Å². The molecular weight excluding hydrogens is 400 g/mol. The molecule has 0 aliphatic carbocycles. The van der Waals surface area contributed by atoms with Crippen LogP contribution in [0.5, 0.6) is 5.75 Å². The molecule has 31 heavy (non-hydrogen) atoms. The molecule has 0 saturated carbocycles. The molecule has 0 atom stereocenters. The van der Waals surface area contributed by atoms with E-state index >= 15 is 0 Å². The molecule has 0 fully saturated rings. The largest absolute Gasteiger partial charge is 0.435 e. The minimum atomic E-state index is -2.87. The molecule has 1 aromatic heterocycles. The molecule has 1 N–H and O–H groups in total. The van der Waals surface area contributed by atoms with Gasteiger partial charge in [-0.1, -0.05) is 54.6 Å². The maximum Gasteiger partial charge on any atom is 0.387 e. The van der Waals surface area contributed by atoms with Crippen LogP contribution in [0.15, 0.2) is 85.2 Å². The van der Waals surface area contributed by atoms with Gasteiger partial charge < -0.3 is 10.1 Å². The molecule has 1 amide bonds. The van der Waals surface area contributed by atoms with E-state index in [1.54, 1.807) is 35.3 Å². The van der Waals surface area contributed by atoms with Crippen LogP contribution < -0.4 is 10.1 Å². The van der Waals surface area contributed by atoms with E-state index in [1.165, 1.54) is 29.0 Å². The van der Waals surface area contributed by atoms with Gasteiger partial charge in [-0.2, -0.15) is 13.9 Å². The van der Waals surface area contributed by atoms with Gasteiger partial charge in [-0.05, 0) is 40.1 Å². The molecule has 0 bridgehead atoms. The lowest BCUT2D eigenvalue weighted by molar-refractivity contribution is -0.111. The third-order valence-electron chi connectivity index (χ3n) is 4.65. The van der Waals surface area contributed by atoms with Crippen molar-refractivity contribution < 1.29 is 18.3 Å². The fourth-order valence-electron chi connectivity index (χ4n) is 3.24. The van der Waals surface area contributed by atoms with Crippen LogP contribution in [0.4, 0.5) is 14.5 Å². The van der Waals surface area contributed by atoms with Crippen molar-refractivity contribution in [3.05, 3.63) is 96.3 Å². The Morgan fingerprint density at radius 1 is 1.06 bits per heavy atom. The highest BCUT2D eigenvalue weighted by molar-refractivity contribution is 6.01. The van der Waals surface area contributed by atoms with E-state index in [-0.39, 0.29) is 11.7 Å². The van der Waals surface area contributed by atoms with Crippen LogP contribution in [-0.2, 0) is 11.3 Å². The van der Waals surface area contributed by atoms with Crippen LogP contribution in [0.2, 0.25) is 0 Å². The summed E-state index contributed by atoms with van der Waals surface area (Å²) >= 11 is 0. The lowest BCUT2D eigenvalue weighted by Crippen LogP contribution is -2.07. The standard InChI is InChI=1S/C24H19F2N3O2/c25-24(26)31-21-11-8-17(9-12-21)10-13-23(30)28-20-14-27-29(16-20)15-19-6-3-5-18-4-1-2-7-22(18)19/h1-14,16,24H,15H2,(H,28,30)/b13-10-. The zero-order valence-electron chi connectivity index (χ0n) is 16.4. The Morgan fingerprint density at radius 2 is 1.84 bits per heavy atom. The topological polar surface area (TPSA) is 56.1 Å². The Bertz CT molecular complexity index is 1210. The molecule has 0 saturated heterocycles. The van der Waals surface area contributed by atoms with Crippen LogP contribution in [0.25, 0.3) is 16.8 Å². The lowest BCUT2D eigenvalue weighted by Gasteiger charge is -2.06. The van der Waals surface area contributed by atoms with Crippen LogP contribution in [0.1, 0.15) is 11.1 Å². The molecule has 5 nitrogen and oxygen atoms in total. The van der Waals surface area contributed by atoms with E-state index in [2.05, 4.69) is 39.4 Å². The summed E-state index contributed by atoms with van der Waals surface area (Å²) < 4.78 is 30.4. The van der Waals surface area contributed by atoms with E-state index in [0.717, 1.165) is 5.56 Å². The van der Waals surface area contributed by atoms with E-state index < -0.39 is 6.61 Å². The van der Waals surface area contributed by atoms with Gasteiger partial charge in [0, 0.05) is 12.3 Å². The maximum absolute atomic E-state index is 12.2. The minimum absolute atomic E-state index is 0.0650. The number of nitrogens with one attached hydrogen (secondary N) is 1.